The number of hydrogen-bond donors (Lipinski definition) is 3. The highest BCUT2D eigenvalue weighted by molar-refractivity contribution is 8.18. The third kappa shape index (κ3) is 3.06. The van der Waals surface area contributed by atoms with E-state index in [-0.39, 0.29) is 29.2 Å². The van der Waals surface area contributed by atoms with E-state index in [1.807, 2.05) is 0 Å². The largest absolute Gasteiger partial charge is 0.481 e. The molecule has 3 N–H and O–H groups in total. The molecule has 1 aliphatic carbocycles. The van der Waals surface area contributed by atoms with Gasteiger partial charge in [0.15, 0.2) is 0 Å². The van der Waals surface area contributed by atoms with Crippen molar-refractivity contribution in [3.8, 4) is 0 Å². The van der Waals surface area contributed by atoms with E-state index in [4.69, 9.17) is 10.2 Å². The lowest BCUT2D eigenvalue weighted by Crippen LogP contribution is -2.36. The van der Waals surface area contributed by atoms with Gasteiger partial charge in [0.05, 0.1) is 23.4 Å². The number of amides is 1. The summed E-state index contributed by atoms with van der Waals surface area (Å²) in [5.74, 6) is -2.33. The normalized spacial score (nSPS) is 24.4. The molecule has 0 aromatic heterocycles. The SMILES string of the molecule is O=C(O)CCN=NC1(O)C=CC(C(=O)O)=C2SC(=O)N=C21. The van der Waals surface area contributed by atoms with Crippen molar-refractivity contribution in [3.63, 3.8) is 0 Å². The summed E-state index contributed by atoms with van der Waals surface area (Å²) < 4.78 is 0. The smallest absolute Gasteiger partial charge is 0.336 e. The van der Waals surface area contributed by atoms with Crippen LogP contribution in [0.5, 0.6) is 0 Å². The van der Waals surface area contributed by atoms with E-state index in [1.165, 1.54) is 0 Å². The first-order valence-electron chi connectivity index (χ1n) is 5.64. The number of nitrogens with zero attached hydrogens (tertiary/aromatic N) is 3. The Morgan fingerprint density at radius 1 is 1.38 bits per heavy atom. The molecular formula is C11H9N3O6S. The molecule has 0 fully saturated rings. The Bertz CT molecular complexity index is 650. The van der Waals surface area contributed by atoms with Crippen molar-refractivity contribution in [2.24, 2.45) is 15.2 Å². The van der Waals surface area contributed by atoms with Gasteiger partial charge in [-0.05, 0) is 23.9 Å². The third-order valence-electron chi connectivity index (χ3n) is 2.56. The number of aliphatic hydroxyl groups is 1. The van der Waals surface area contributed by atoms with Crippen LogP contribution in [0.25, 0.3) is 0 Å². The molecule has 1 unspecified atom stereocenters. The Balaban J connectivity index is 2.29. The Hall–Kier alpha value is -2.33. The lowest BCUT2D eigenvalue weighted by molar-refractivity contribution is -0.137. The van der Waals surface area contributed by atoms with E-state index in [9.17, 15) is 19.5 Å². The summed E-state index contributed by atoms with van der Waals surface area (Å²) in [6.45, 7) is -0.162. The predicted molar refractivity (Wildman–Crippen MR) is 71.1 cm³/mol. The van der Waals surface area contributed by atoms with Crippen molar-refractivity contribution in [2.45, 2.75) is 12.1 Å². The number of carboxylic acids is 2. The van der Waals surface area contributed by atoms with Gasteiger partial charge < -0.3 is 15.3 Å². The number of aliphatic imine (C=N–C) groups is 1. The summed E-state index contributed by atoms with van der Waals surface area (Å²) in [5.41, 5.74) is -2.45. The number of azo groups is 1. The summed E-state index contributed by atoms with van der Waals surface area (Å²) >= 11 is 0.581. The molecule has 1 heterocycles. The minimum atomic E-state index is -2.06. The molecule has 2 aliphatic rings. The van der Waals surface area contributed by atoms with E-state index in [0.717, 1.165) is 12.2 Å². The monoisotopic (exact) mass is 311 g/mol. The van der Waals surface area contributed by atoms with E-state index < -0.39 is 22.9 Å². The highest BCUT2D eigenvalue weighted by Crippen LogP contribution is 2.39. The van der Waals surface area contributed by atoms with Crippen molar-refractivity contribution in [3.05, 3.63) is 22.6 Å². The van der Waals surface area contributed by atoms with Gasteiger partial charge in [-0.15, -0.1) is 5.11 Å². The fourth-order valence-corrected chi connectivity index (χ4v) is 2.51. The number of aliphatic carboxylic acids is 2. The van der Waals surface area contributed by atoms with Crippen LogP contribution in [0.3, 0.4) is 0 Å². The van der Waals surface area contributed by atoms with Gasteiger partial charge in [0, 0.05) is 0 Å². The minimum Gasteiger partial charge on any atom is -0.481 e. The zero-order chi connectivity index (χ0) is 15.6. The molecule has 21 heavy (non-hydrogen) atoms. The van der Waals surface area contributed by atoms with Crippen LogP contribution in [0, 0.1) is 0 Å². The molecule has 0 saturated heterocycles. The van der Waals surface area contributed by atoms with Crippen LogP contribution in [0.4, 0.5) is 4.79 Å². The molecule has 9 nitrogen and oxygen atoms in total. The van der Waals surface area contributed by atoms with Gasteiger partial charge in [-0.1, -0.05) is 0 Å². The highest BCUT2D eigenvalue weighted by Gasteiger charge is 2.43. The summed E-state index contributed by atoms with van der Waals surface area (Å²) in [4.78, 5) is 36.3. The van der Waals surface area contributed by atoms with Crippen LogP contribution in [-0.2, 0) is 9.59 Å². The average Bonchev–Trinajstić information content (AvgIpc) is 2.77. The first kappa shape index (κ1) is 15.1. The first-order valence-corrected chi connectivity index (χ1v) is 6.46. The van der Waals surface area contributed by atoms with Crippen LogP contribution in [-0.4, -0.2) is 50.5 Å². The van der Waals surface area contributed by atoms with Gasteiger partial charge in [-0.3, -0.25) is 9.59 Å². The quantitative estimate of drug-likeness (QED) is 0.636. The maximum atomic E-state index is 11.3. The van der Waals surface area contributed by atoms with Crippen LogP contribution in [0.1, 0.15) is 6.42 Å². The van der Waals surface area contributed by atoms with E-state index in [0.29, 0.717) is 11.8 Å². The summed E-state index contributed by atoms with van der Waals surface area (Å²) in [6.07, 6.45) is 1.88. The van der Waals surface area contributed by atoms with Gasteiger partial charge in [-0.25, -0.2) is 9.79 Å². The summed E-state index contributed by atoms with van der Waals surface area (Å²) in [7, 11) is 0. The van der Waals surface area contributed by atoms with Crippen LogP contribution in [0.2, 0.25) is 0 Å². The number of thioether (sulfide) groups is 1. The molecule has 0 saturated carbocycles. The minimum absolute atomic E-state index is 0.00897. The average molecular weight is 311 g/mol. The fourth-order valence-electron chi connectivity index (χ4n) is 1.64. The number of carboxylic acid groups (broad SMARTS) is 2. The van der Waals surface area contributed by atoms with Gasteiger partial charge in [0.2, 0.25) is 5.72 Å². The number of carbonyl (C=O) groups excluding carboxylic acids is 1. The van der Waals surface area contributed by atoms with Crippen LogP contribution in [0.15, 0.2) is 37.9 Å². The molecule has 0 bridgehead atoms. The van der Waals surface area contributed by atoms with Gasteiger partial charge in [-0.2, -0.15) is 5.11 Å². The molecule has 0 spiro atoms. The van der Waals surface area contributed by atoms with E-state index in [1.54, 1.807) is 0 Å². The van der Waals surface area contributed by atoms with Gasteiger partial charge in [0.1, 0.15) is 5.71 Å². The lowest BCUT2D eigenvalue weighted by Gasteiger charge is -2.22. The van der Waals surface area contributed by atoms with Crippen LogP contribution >= 0.6 is 11.8 Å². The van der Waals surface area contributed by atoms with Crippen molar-refractivity contribution in [2.75, 3.05) is 6.54 Å². The first-order chi connectivity index (χ1) is 9.83. The molecule has 0 aromatic carbocycles. The van der Waals surface area contributed by atoms with Gasteiger partial charge >= 0.3 is 17.2 Å². The maximum absolute atomic E-state index is 11.3. The lowest BCUT2D eigenvalue weighted by atomic mass is 9.97. The predicted octanol–water partition coefficient (Wildman–Crippen LogP) is 0.818. The Kier molecular flexibility index (Phi) is 4.00. The zero-order valence-corrected chi connectivity index (χ0v) is 11.2. The third-order valence-corrected chi connectivity index (χ3v) is 3.45. The second-order valence-electron chi connectivity index (χ2n) is 4.04. The Morgan fingerprint density at radius 3 is 2.71 bits per heavy atom. The molecule has 10 heteroatoms. The van der Waals surface area contributed by atoms with Crippen molar-refractivity contribution < 1.29 is 29.7 Å². The second-order valence-corrected chi connectivity index (χ2v) is 5.01. The molecule has 0 aromatic rings. The zero-order valence-electron chi connectivity index (χ0n) is 10.4. The molecular weight excluding hydrogens is 302 g/mol. The molecule has 0 radical (unpaired) electrons. The number of rotatable bonds is 5. The molecule has 1 aliphatic heterocycles. The molecule has 1 amide bonds. The fraction of sp³-hybridized carbons (Fsp3) is 0.273. The van der Waals surface area contributed by atoms with Gasteiger partial charge in [0.25, 0.3) is 0 Å². The number of fused-ring (bicyclic) bond motifs is 1. The van der Waals surface area contributed by atoms with E-state index >= 15 is 0 Å². The number of hydrogen-bond acceptors (Lipinski definition) is 7. The second kappa shape index (κ2) is 5.58. The number of carbonyl (C=O) groups is 3. The molecule has 110 valence electrons. The Labute approximate surface area is 121 Å². The van der Waals surface area contributed by atoms with Crippen molar-refractivity contribution in [1.82, 2.24) is 0 Å². The topological polar surface area (TPSA) is 149 Å². The highest BCUT2D eigenvalue weighted by atomic mass is 32.2. The van der Waals surface area contributed by atoms with E-state index in [2.05, 4.69) is 15.2 Å². The van der Waals surface area contributed by atoms with Crippen molar-refractivity contribution in [1.29, 1.82) is 0 Å². The van der Waals surface area contributed by atoms with Crippen LogP contribution < -0.4 is 0 Å². The van der Waals surface area contributed by atoms with Crippen molar-refractivity contribution >= 4 is 34.7 Å². The molecule has 1 atom stereocenters. The summed E-state index contributed by atoms with van der Waals surface area (Å²) in [5, 5.41) is 34.2. The molecule has 2 rings (SSSR count). The summed E-state index contributed by atoms with van der Waals surface area (Å²) in [6, 6.07) is 0. The maximum Gasteiger partial charge on any atom is 0.336 e. The Morgan fingerprint density at radius 2 is 2.10 bits per heavy atom. The standard InChI is InChI=1S/C11H9N3O6S/c15-6(16)2-4-12-14-11(20)3-1-5(9(17)18)7-8(11)13-10(19)21-7/h1,3,20H,2,4H2,(H,15,16)(H,17,18).